The van der Waals surface area contributed by atoms with E-state index in [4.69, 9.17) is 6.42 Å². The minimum atomic E-state index is 0.121. The molecule has 3 nitrogen and oxygen atoms in total. The maximum atomic E-state index is 5.43. The summed E-state index contributed by atoms with van der Waals surface area (Å²) in [5.74, 6) is 2.73. The minimum absolute atomic E-state index is 0.121. The molecule has 2 rings (SSSR count). The van der Waals surface area contributed by atoms with Crippen molar-refractivity contribution in [2.45, 2.75) is 25.9 Å². The third-order valence-electron chi connectivity index (χ3n) is 2.96. The molecular formula is C14H17N3. The lowest BCUT2D eigenvalue weighted by Crippen LogP contribution is -2.26. The molecule has 1 atom stereocenters. The highest BCUT2D eigenvalue weighted by atomic mass is 15.3. The van der Waals surface area contributed by atoms with Crippen LogP contribution >= 0.6 is 0 Å². The summed E-state index contributed by atoms with van der Waals surface area (Å²) in [4.78, 5) is 0. The molecular weight excluding hydrogens is 210 g/mol. The van der Waals surface area contributed by atoms with Crippen molar-refractivity contribution in [2.24, 2.45) is 7.05 Å². The molecule has 0 aliphatic heterocycles. The van der Waals surface area contributed by atoms with E-state index in [0.29, 0.717) is 6.54 Å². The number of fused-ring (bicyclic) bond motifs is 1. The lowest BCUT2D eigenvalue weighted by atomic mass is 10.2. The molecule has 0 fully saturated rings. The van der Waals surface area contributed by atoms with Crippen molar-refractivity contribution in [3.05, 3.63) is 30.0 Å². The van der Waals surface area contributed by atoms with E-state index in [1.54, 1.807) is 0 Å². The molecule has 0 aliphatic rings. The zero-order chi connectivity index (χ0) is 12.3. The molecule has 2 aromatic rings. The van der Waals surface area contributed by atoms with Gasteiger partial charge < -0.3 is 0 Å². The van der Waals surface area contributed by atoms with Crippen LogP contribution in [0.25, 0.3) is 10.9 Å². The summed E-state index contributed by atoms with van der Waals surface area (Å²) in [7, 11) is 1.96. The summed E-state index contributed by atoms with van der Waals surface area (Å²) in [6, 6.07) is 8.35. The number of hydrogen-bond donors (Lipinski definition) is 1. The van der Waals surface area contributed by atoms with Gasteiger partial charge in [-0.3, -0.25) is 10.00 Å². The first-order valence-corrected chi connectivity index (χ1v) is 5.86. The van der Waals surface area contributed by atoms with Gasteiger partial charge in [0, 0.05) is 19.0 Å². The molecule has 88 valence electrons. The number of para-hydroxylation sites is 1. The van der Waals surface area contributed by atoms with E-state index in [9.17, 15) is 0 Å². The Labute approximate surface area is 102 Å². The highest BCUT2D eigenvalue weighted by Gasteiger charge is 2.08. The first-order chi connectivity index (χ1) is 8.26. The minimum Gasteiger partial charge on any atom is -0.298 e. The molecule has 1 aromatic carbocycles. The molecule has 3 heteroatoms. The van der Waals surface area contributed by atoms with Gasteiger partial charge in [-0.05, 0) is 12.5 Å². The summed E-state index contributed by atoms with van der Waals surface area (Å²) in [5.41, 5.74) is 2.20. The molecule has 0 radical (unpaired) electrons. The van der Waals surface area contributed by atoms with Gasteiger partial charge >= 0.3 is 0 Å². The smallest absolute Gasteiger partial charge is 0.0841 e. The van der Waals surface area contributed by atoms with Crippen molar-refractivity contribution in [3.63, 3.8) is 0 Å². The van der Waals surface area contributed by atoms with Gasteiger partial charge in [0.15, 0.2) is 0 Å². The maximum absolute atomic E-state index is 5.43. The van der Waals surface area contributed by atoms with E-state index in [2.05, 4.69) is 35.4 Å². The number of nitrogens with zero attached hydrogens (tertiary/aromatic N) is 2. The Morgan fingerprint density at radius 1 is 1.47 bits per heavy atom. The van der Waals surface area contributed by atoms with Crippen LogP contribution in [0.3, 0.4) is 0 Å². The quantitative estimate of drug-likeness (QED) is 0.810. The molecule has 0 aliphatic carbocycles. The van der Waals surface area contributed by atoms with Crippen molar-refractivity contribution in [1.29, 1.82) is 0 Å². The fourth-order valence-corrected chi connectivity index (χ4v) is 1.96. The molecule has 0 amide bonds. The average molecular weight is 227 g/mol. The number of rotatable bonds is 4. The van der Waals surface area contributed by atoms with E-state index in [1.165, 1.54) is 5.39 Å². The fraction of sp³-hybridized carbons (Fsp3) is 0.357. The number of nitrogens with one attached hydrogen (secondary N) is 1. The van der Waals surface area contributed by atoms with E-state index in [-0.39, 0.29) is 6.04 Å². The number of hydrogen-bond acceptors (Lipinski definition) is 2. The van der Waals surface area contributed by atoms with Crippen LogP contribution in [0.1, 0.15) is 19.0 Å². The van der Waals surface area contributed by atoms with Gasteiger partial charge in [-0.1, -0.05) is 31.0 Å². The monoisotopic (exact) mass is 227 g/mol. The second kappa shape index (κ2) is 5.03. The van der Waals surface area contributed by atoms with Gasteiger partial charge in [0.1, 0.15) is 0 Å². The Hall–Kier alpha value is -1.79. The van der Waals surface area contributed by atoms with Gasteiger partial charge in [-0.15, -0.1) is 6.42 Å². The third-order valence-corrected chi connectivity index (χ3v) is 2.96. The van der Waals surface area contributed by atoms with Crippen LogP contribution in [0.15, 0.2) is 24.3 Å². The van der Waals surface area contributed by atoms with Crippen LogP contribution in [-0.4, -0.2) is 15.8 Å². The zero-order valence-electron chi connectivity index (χ0n) is 10.3. The third kappa shape index (κ3) is 2.32. The summed E-state index contributed by atoms with van der Waals surface area (Å²) in [6.07, 6.45) is 6.36. The molecule has 0 spiro atoms. The Morgan fingerprint density at radius 2 is 2.24 bits per heavy atom. The second-order valence-corrected chi connectivity index (χ2v) is 4.10. The van der Waals surface area contributed by atoms with Gasteiger partial charge in [-0.25, -0.2) is 0 Å². The SMILES string of the molecule is C#CC(CC)NCc1nn(C)c2ccccc12. The van der Waals surface area contributed by atoms with Crippen molar-refractivity contribution in [1.82, 2.24) is 15.1 Å². The first-order valence-electron chi connectivity index (χ1n) is 5.86. The topological polar surface area (TPSA) is 29.9 Å². The van der Waals surface area contributed by atoms with E-state index in [1.807, 2.05) is 23.9 Å². The Bertz CT molecular complexity index is 548. The van der Waals surface area contributed by atoms with Crippen LogP contribution in [0.4, 0.5) is 0 Å². The highest BCUT2D eigenvalue weighted by molar-refractivity contribution is 5.81. The molecule has 1 aromatic heterocycles. The number of aromatic nitrogens is 2. The largest absolute Gasteiger partial charge is 0.298 e. The van der Waals surface area contributed by atoms with Crippen molar-refractivity contribution in [2.75, 3.05) is 0 Å². The molecule has 17 heavy (non-hydrogen) atoms. The van der Waals surface area contributed by atoms with Gasteiger partial charge in [-0.2, -0.15) is 5.10 Å². The maximum Gasteiger partial charge on any atom is 0.0841 e. The van der Waals surface area contributed by atoms with E-state index in [0.717, 1.165) is 17.6 Å². The van der Waals surface area contributed by atoms with Crippen LogP contribution in [0.5, 0.6) is 0 Å². The molecule has 1 heterocycles. The average Bonchev–Trinajstić information content (AvgIpc) is 2.69. The first kappa shape index (κ1) is 11.7. The normalized spacial score (nSPS) is 12.5. The molecule has 0 saturated carbocycles. The Balaban J connectivity index is 2.22. The summed E-state index contributed by atoms with van der Waals surface area (Å²) in [6.45, 7) is 2.79. The predicted octanol–water partition coefficient (Wildman–Crippen LogP) is 2.07. The second-order valence-electron chi connectivity index (χ2n) is 4.10. The molecule has 0 saturated heterocycles. The van der Waals surface area contributed by atoms with Crippen molar-refractivity contribution >= 4 is 10.9 Å². The van der Waals surface area contributed by atoms with Crippen molar-refractivity contribution < 1.29 is 0 Å². The summed E-state index contributed by atoms with van der Waals surface area (Å²) < 4.78 is 1.91. The van der Waals surface area contributed by atoms with Gasteiger partial charge in [0.05, 0.1) is 17.3 Å². The van der Waals surface area contributed by atoms with Crippen LogP contribution < -0.4 is 5.32 Å². The van der Waals surface area contributed by atoms with Crippen LogP contribution in [0, 0.1) is 12.3 Å². The predicted molar refractivity (Wildman–Crippen MR) is 70.5 cm³/mol. The van der Waals surface area contributed by atoms with Crippen LogP contribution in [0.2, 0.25) is 0 Å². The number of aryl methyl sites for hydroxylation is 1. The van der Waals surface area contributed by atoms with Gasteiger partial charge in [0.25, 0.3) is 0 Å². The molecule has 0 bridgehead atoms. The Morgan fingerprint density at radius 3 is 2.94 bits per heavy atom. The lowest BCUT2D eigenvalue weighted by Gasteiger charge is -2.08. The number of benzene rings is 1. The van der Waals surface area contributed by atoms with Gasteiger partial charge in [0.2, 0.25) is 0 Å². The fourth-order valence-electron chi connectivity index (χ4n) is 1.96. The summed E-state index contributed by atoms with van der Waals surface area (Å²) in [5, 5.41) is 9.03. The van der Waals surface area contributed by atoms with Crippen molar-refractivity contribution in [3.8, 4) is 12.3 Å². The molecule has 1 unspecified atom stereocenters. The highest BCUT2D eigenvalue weighted by Crippen LogP contribution is 2.17. The molecule has 1 N–H and O–H groups in total. The lowest BCUT2D eigenvalue weighted by molar-refractivity contribution is 0.581. The van der Waals surface area contributed by atoms with E-state index < -0.39 is 0 Å². The zero-order valence-corrected chi connectivity index (χ0v) is 10.3. The summed E-state index contributed by atoms with van der Waals surface area (Å²) >= 11 is 0. The van der Waals surface area contributed by atoms with E-state index >= 15 is 0 Å². The standard InChI is InChI=1S/C14H17N3/c1-4-11(5-2)15-10-13-12-8-6-7-9-14(12)17(3)16-13/h1,6-9,11,15H,5,10H2,2-3H3. The van der Waals surface area contributed by atoms with Crippen LogP contribution in [-0.2, 0) is 13.6 Å². The number of terminal acetylenes is 1. The Kier molecular flexibility index (Phi) is 3.46.